The van der Waals surface area contributed by atoms with Gasteiger partial charge in [-0.2, -0.15) is 0 Å². The van der Waals surface area contributed by atoms with Gasteiger partial charge in [-0.05, 0) is 6.42 Å². The monoisotopic (exact) mass is 223 g/mol. The maximum atomic E-state index is 8.07. The number of aliphatic hydroxyl groups is 1. The minimum atomic E-state index is 0. The molecule has 5 radical (unpaired) electrons. The fourth-order valence-electron chi connectivity index (χ4n) is 0.158. The van der Waals surface area contributed by atoms with Crippen LogP contribution in [0, 0.1) is 0 Å². The summed E-state index contributed by atoms with van der Waals surface area (Å²) in [6.45, 7) is 9.40. The first-order valence-electron chi connectivity index (χ1n) is 4.18. The molecule has 0 amide bonds. The van der Waals surface area contributed by atoms with Crippen LogP contribution in [0.15, 0.2) is 0 Å². The molecule has 0 unspecified atom stereocenters. The van der Waals surface area contributed by atoms with Crippen molar-refractivity contribution in [2.75, 3.05) is 6.61 Å². The van der Waals surface area contributed by atoms with Crippen molar-refractivity contribution in [2.24, 2.45) is 0 Å². The predicted molar refractivity (Wildman–Crippen MR) is 63.3 cm³/mol. The topological polar surface area (TPSA) is 20.2 Å². The molecule has 0 aromatic heterocycles. The normalized spacial score (nSPS) is 4.46. The van der Waals surface area contributed by atoms with E-state index in [4.69, 9.17) is 5.11 Å². The number of unbranched alkanes of at least 4 members (excludes halogenated alkanes) is 1. The van der Waals surface area contributed by atoms with Crippen LogP contribution < -0.4 is 0 Å². The number of aliphatic hydroxyl groups excluding tert-OH is 1. The van der Waals surface area contributed by atoms with Gasteiger partial charge in [0, 0.05) is 25.2 Å². The summed E-state index contributed by atoms with van der Waals surface area (Å²) in [5.41, 5.74) is 0. The molecule has 0 fully saturated rings. The van der Waals surface area contributed by atoms with Crippen molar-refractivity contribution < 1.29 is 23.7 Å². The average molecular weight is 223 g/mol. The molecular formula is C9H26B2OV. The molecule has 0 bridgehead atoms. The van der Waals surface area contributed by atoms with E-state index in [1.807, 2.05) is 13.8 Å². The zero-order valence-corrected chi connectivity index (χ0v) is 10.6. The van der Waals surface area contributed by atoms with Crippen molar-refractivity contribution in [1.29, 1.82) is 0 Å². The SMILES string of the molecule is C.CC.CCCCO.[B]C.[B]C.[V]. The van der Waals surface area contributed by atoms with Crippen LogP contribution in [0.1, 0.15) is 41.0 Å². The van der Waals surface area contributed by atoms with E-state index in [-0.39, 0.29) is 26.0 Å². The Labute approximate surface area is 101 Å². The molecule has 0 heterocycles. The largest absolute Gasteiger partial charge is 0.396 e. The maximum absolute atomic E-state index is 8.07. The molecule has 0 aliphatic carbocycles. The molecule has 0 rings (SSSR count). The van der Waals surface area contributed by atoms with Crippen LogP contribution >= 0.6 is 0 Å². The van der Waals surface area contributed by atoms with Gasteiger partial charge in [0.25, 0.3) is 0 Å². The van der Waals surface area contributed by atoms with Crippen LogP contribution in [-0.4, -0.2) is 27.4 Å². The molecular weight excluding hydrogens is 197 g/mol. The minimum Gasteiger partial charge on any atom is -0.396 e. The molecule has 79 valence electrons. The molecule has 0 spiro atoms. The number of hydrogen-bond acceptors (Lipinski definition) is 1. The summed E-state index contributed by atoms with van der Waals surface area (Å²) in [4.78, 5) is 0. The maximum Gasteiger partial charge on any atom is 0.0606 e. The first kappa shape index (κ1) is 37.3. The first-order valence-corrected chi connectivity index (χ1v) is 4.18. The van der Waals surface area contributed by atoms with Gasteiger partial charge >= 0.3 is 0 Å². The van der Waals surface area contributed by atoms with E-state index in [0.717, 1.165) is 12.8 Å². The van der Waals surface area contributed by atoms with Crippen molar-refractivity contribution in [3.8, 4) is 0 Å². The van der Waals surface area contributed by atoms with E-state index in [0.29, 0.717) is 6.61 Å². The van der Waals surface area contributed by atoms with Gasteiger partial charge in [0.15, 0.2) is 0 Å². The van der Waals surface area contributed by atoms with Crippen LogP contribution in [-0.2, 0) is 18.6 Å². The van der Waals surface area contributed by atoms with Gasteiger partial charge in [0.2, 0.25) is 0 Å². The van der Waals surface area contributed by atoms with Crippen molar-refractivity contribution in [2.45, 2.75) is 54.7 Å². The van der Waals surface area contributed by atoms with Crippen molar-refractivity contribution in [1.82, 2.24) is 0 Å². The molecule has 0 saturated heterocycles. The zero-order valence-electron chi connectivity index (χ0n) is 9.17. The standard InChI is InChI=1S/C4H10O.C2H6.2CH3B.CH4.V/c1-2-3-4-5;3*1-2;;/h5H,2-4H2,1H3;1-2H3;2*1H3;1H4;. The zero-order chi connectivity index (χ0) is 10.1. The van der Waals surface area contributed by atoms with Gasteiger partial charge in [-0.25, -0.2) is 0 Å². The third-order valence-corrected chi connectivity index (χ3v) is 0.512. The fourth-order valence-corrected chi connectivity index (χ4v) is 0.158. The second-order valence-corrected chi connectivity index (χ2v) is 1.08. The summed E-state index contributed by atoms with van der Waals surface area (Å²) in [5, 5.41) is 8.07. The van der Waals surface area contributed by atoms with E-state index in [1.54, 1.807) is 0 Å². The molecule has 1 nitrogen and oxygen atoms in total. The van der Waals surface area contributed by atoms with Crippen LogP contribution in [0.4, 0.5) is 0 Å². The summed E-state index contributed by atoms with van der Waals surface area (Å²) in [6, 6.07) is 0. The summed E-state index contributed by atoms with van der Waals surface area (Å²) in [6.07, 6.45) is 2.04. The Morgan fingerprint density at radius 3 is 1.23 bits per heavy atom. The van der Waals surface area contributed by atoms with Crippen LogP contribution in [0.2, 0.25) is 13.6 Å². The smallest absolute Gasteiger partial charge is 0.0606 e. The minimum absolute atomic E-state index is 0. The molecule has 1 N–H and O–H groups in total. The van der Waals surface area contributed by atoms with Gasteiger partial charge in [-0.1, -0.05) is 48.3 Å². The Kier molecular flexibility index (Phi) is 367. The molecule has 0 aromatic rings. The molecule has 0 saturated carbocycles. The first-order chi connectivity index (χ1) is 5.41. The van der Waals surface area contributed by atoms with E-state index in [1.165, 1.54) is 13.6 Å². The second-order valence-electron chi connectivity index (χ2n) is 1.08. The van der Waals surface area contributed by atoms with E-state index >= 15 is 0 Å². The Morgan fingerprint density at radius 2 is 1.23 bits per heavy atom. The van der Waals surface area contributed by atoms with Crippen molar-refractivity contribution in [3.05, 3.63) is 0 Å². The van der Waals surface area contributed by atoms with Crippen LogP contribution in [0.5, 0.6) is 0 Å². The van der Waals surface area contributed by atoms with Crippen LogP contribution in [0.25, 0.3) is 0 Å². The molecule has 4 heteroatoms. The Balaban J connectivity index is -0.0000000135. The van der Waals surface area contributed by atoms with Gasteiger partial charge in [0.05, 0.1) is 15.7 Å². The van der Waals surface area contributed by atoms with Gasteiger partial charge in [-0.3, -0.25) is 0 Å². The van der Waals surface area contributed by atoms with Crippen molar-refractivity contribution in [3.63, 3.8) is 0 Å². The molecule has 0 atom stereocenters. The molecule has 0 aromatic carbocycles. The third-order valence-electron chi connectivity index (χ3n) is 0.512. The quantitative estimate of drug-likeness (QED) is 0.713. The molecule has 0 aliphatic heterocycles. The van der Waals surface area contributed by atoms with E-state index in [9.17, 15) is 0 Å². The molecule has 13 heavy (non-hydrogen) atoms. The average Bonchev–Trinajstić information content (AvgIpc) is 2.16. The van der Waals surface area contributed by atoms with Crippen molar-refractivity contribution >= 4 is 15.7 Å². The fraction of sp³-hybridized carbons (Fsp3) is 1.00. The number of rotatable bonds is 2. The van der Waals surface area contributed by atoms with E-state index in [2.05, 4.69) is 22.6 Å². The van der Waals surface area contributed by atoms with Gasteiger partial charge in [0.1, 0.15) is 0 Å². The van der Waals surface area contributed by atoms with Crippen LogP contribution in [0.3, 0.4) is 0 Å². The Bertz CT molecular complexity index is 25.1. The molecule has 0 aliphatic rings. The summed E-state index contributed by atoms with van der Waals surface area (Å²) in [7, 11) is 9.00. The van der Waals surface area contributed by atoms with E-state index < -0.39 is 0 Å². The summed E-state index contributed by atoms with van der Waals surface area (Å²) in [5.74, 6) is 0. The third kappa shape index (κ3) is 202. The van der Waals surface area contributed by atoms with Gasteiger partial charge < -0.3 is 5.11 Å². The predicted octanol–water partition coefficient (Wildman–Crippen LogP) is 2.84. The summed E-state index contributed by atoms with van der Waals surface area (Å²) < 4.78 is 0. The summed E-state index contributed by atoms with van der Waals surface area (Å²) >= 11 is 0. The number of hydrogen-bond donors (Lipinski definition) is 1. The van der Waals surface area contributed by atoms with Gasteiger partial charge in [-0.15, -0.1) is 0 Å². The second kappa shape index (κ2) is 128. The Hall–Kier alpha value is 0.674. The Morgan fingerprint density at radius 1 is 1.00 bits per heavy atom.